The summed E-state index contributed by atoms with van der Waals surface area (Å²) in [6, 6.07) is 13.8. The van der Waals surface area contributed by atoms with Gasteiger partial charge in [0.05, 0.1) is 29.4 Å². The molecule has 1 aromatic heterocycles. The first-order valence-electron chi connectivity index (χ1n) is 17.7. The second-order valence-electron chi connectivity index (χ2n) is 13.2. The average molecular weight is 713 g/mol. The fourth-order valence-corrected chi connectivity index (χ4v) is 6.74. The Kier molecular flexibility index (Phi) is 14.1. The normalized spacial score (nSPS) is 18.3. The Bertz CT molecular complexity index is 1750. The van der Waals surface area contributed by atoms with Crippen LogP contribution in [0.3, 0.4) is 0 Å². The van der Waals surface area contributed by atoms with E-state index in [1.165, 1.54) is 11.8 Å². The second kappa shape index (κ2) is 18.9. The maximum Gasteiger partial charge on any atom is 0.142 e. The monoisotopic (exact) mass is 712 g/mol. The Morgan fingerprint density at radius 2 is 1.80 bits per heavy atom. The molecule has 3 aromatic rings. The van der Waals surface area contributed by atoms with E-state index in [4.69, 9.17) is 25.8 Å². The van der Waals surface area contributed by atoms with Gasteiger partial charge in [-0.3, -0.25) is 9.88 Å². The van der Waals surface area contributed by atoms with E-state index in [2.05, 4.69) is 59.5 Å². The topological polar surface area (TPSA) is 111 Å². The molecule has 3 heterocycles. The van der Waals surface area contributed by atoms with Crippen LogP contribution >= 0.6 is 11.6 Å². The molecule has 0 spiro atoms. The van der Waals surface area contributed by atoms with Gasteiger partial charge in [0.1, 0.15) is 36.5 Å². The van der Waals surface area contributed by atoms with E-state index in [9.17, 15) is 15.5 Å². The maximum absolute atomic E-state index is 10.1. The summed E-state index contributed by atoms with van der Waals surface area (Å²) in [6.07, 6.45) is 12.0. The summed E-state index contributed by atoms with van der Waals surface area (Å²) in [6.45, 7) is 14.0. The fourth-order valence-electron chi connectivity index (χ4n) is 6.50. The molecule has 0 bridgehead atoms. The largest absolute Gasteiger partial charge is 0.494 e. The highest BCUT2D eigenvalue weighted by atomic mass is 35.5. The molecule has 2 aliphatic rings. The van der Waals surface area contributed by atoms with E-state index >= 15 is 0 Å². The third kappa shape index (κ3) is 11.2. The Morgan fingerprint density at radius 3 is 2.53 bits per heavy atom. The fraction of sp³-hybridized carbons (Fsp3) is 0.415. The van der Waals surface area contributed by atoms with Crippen molar-refractivity contribution in [3.8, 4) is 17.6 Å². The molecule has 0 amide bonds. The molecule has 0 radical (unpaired) electrons. The van der Waals surface area contributed by atoms with Gasteiger partial charge in [-0.1, -0.05) is 55.5 Å². The van der Waals surface area contributed by atoms with Crippen molar-refractivity contribution in [2.45, 2.75) is 71.5 Å². The minimum absolute atomic E-state index is 0.197. The number of β-amino-alcohol motifs (C(OH)–C–C–N with tert-alkyl or cyclic N) is 2. The van der Waals surface area contributed by atoms with Crippen molar-refractivity contribution in [3.05, 3.63) is 118 Å². The number of halogens is 1. The minimum atomic E-state index is -0.337. The van der Waals surface area contributed by atoms with Crippen LogP contribution in [0.4, 0.5) is 0 Å². The number of aliphatic hydroxyl groups is 2. The number of hydrogen-bond acceptors (Lipinski definition) is 9. The van der Waals surface area contributed by atoms with Gasteiger partial charge in [-0.15, -0.1) is 0 Å². The molecule has 5 rings (SSSR count). The minimum Gasteiger partial charge on any atom is -0.494 e. The summed E-state index contributed by atoms with van der Waals surface area (Å²) >= 11 is 6.80. The van der Waals surface area contributed by atoms with Crippen LogP contribution in [0, 0.1) is 18.3 Å². The predicted molar refractivity (Wildman–Crippen MR) is 200 cm³/mol. The molecule has 51 heavy (non-hydrogen) atoms. The molecule has 9 nitrogen and oxygen atoms in total. The molecule has 2 unspecified atom stereocenters. The number of nitriles is 1. The Morgan fingerprint density at radius 1 is 1.04 bits per heavy atom. The molecular weight excluding hydrogens is 664 g/mol. The van der Waals surface area contributed by atoms with Crippen molar-refractivity contribution >= 4 is 17.2 Å². The number of aliphatic hydroxyl groups excluding tert-OH is 2. The number of nitrogens with zero attached hydrogens (tertiary/aromatic N) is 4. The lowest BCUT2D eigenvalue weighted by Crippen LogP contribution is -2.24. The summed E-state index contributed by atoms with van der Waals surface area (Å²) in [5.74, 6) is 1.76. The Hall–Kier alpha value is -4.17. The third-order valence-electron chi connectivity index (χ3n) is 9.36. The first kappa shape index (κ1) is 38.1. The first-order valence-corrected chi connectivity index (χ1v) is 18.1. The van der Waals surface area contributed by atoms with Crippen molar-refractivity contribution in [1.29, 1.82) is 5.26 Å². The van der Waals surface area contributed by atoms with E-state index in [1.54, 1.807) is 12.3 Å². The molecule has 2 aromatic carbocycles. The lowest BCUT2D eigenvalue weighted by Gasteiger charge is -2.20. The molecule has 2 aliphatic heterocycles. The maximum atomic E-state index is 10.1. The van der Waals surface area contributed by atoms with Crippen LogP contribution in [0.15, 0.2) is 79.4 Å². The molecule has 2 N–H and O–H groups in total. The van der Waals surface area contributed by atoms with Gasteiger partial charge in [-0.25, -0.2) is 0 Å². The standard InChI is InChI=1S/C41H49ClN4O5/c1-4-33(9-5-8-29(2)49-17-7-14-45-15-12-36(47)25-45)38-11-6-10-34(30(38)3)28-51-41-20-40(50-27-32-18-31(21-43)22-44-23-32)35(19-39(41)42)24-46-16-13-37(48)26-46/h5-6,8-11,18-20,22-23,36-37,47-48H,2,4,7,12-17,24-28H2,1,3H3/b8-5-,33-9+. The van der Waals surface area contributed by atoms with Crippen molar-refractivity contribution in [2.75, 3.05) is 39.3 Å². The zero-order valence-electron chi connectivity index (χ0n) is 29.7. The van der Waals surface area contributed by atoms with Crippen molar-refractivity contribution < 1.29 is 24.4 Å². The highest BCUT2D eigenvalue weighted by Gasteiger charge is 2.23. The van der Waals surface area contributed by atoms with Crippen LogP contribution in [-0.2, 0) is 24.5 Å². The first-order chi connectivity index (χ1) is 24.7. The van der Waals surface area contributed by atoms with E-state index in [1.807, 2.05) is 30.4 Å². The van der Waals surface area contributed by atoms with Crippen molar-refractivity contribution in [1.82, 2.24) is 14.8 Å². The number of likely N-dealkylation sites (tertiary alicyclic amines) is 2. The summed E-state index contributed by atoms with van der Waals surface area (Å²) in [4.78, 5) is 8.60. The van der Waals surface area contributed by atoms with Crippen LogP contribution < -0.4 is 9.47 Å². The van der Waals surface area contributed by atoms with Gasteiger partial charge in [0.2, 0.25) is 0 Å². The van der Waals surface area contributed by atoms with Gasteiger partial charge in [0, 0.05) is 68.9 Å². The van der Waals surface area contributed by atoms with Gasteiger partial charge < -0.3 is 29.3 Å². The van der Waals surface area contributed by atoms with Crippen molar-refractivity contribution in [3.63, 3.8) is 0 Å². The molecule has 2 atom stereocenters. The molecule has 0 saturated carbocycles. The number of allylic oxidation sites excluding steroid dienone is 4. The summed E-state index contributed by atoms with van der Waals surface area (Å²) in [5.41, 5.74) is 6.65. The molecule has 2 saturated heterocycles. The van der Waals surface area contributed by atoms with Crippen LogP contribution in [0.1, 0.15) is 66.0 Å². The second-order valence-corrected chi connectivity index (χ2v) is 13.7. The van der Waals surface area contributed by atoms with E-state index in [0.717, 1.165) is 79.7 Å². The quantitative estimate of drug-likeness (QED) is 0.0871. The van der Waals surface area contributed by atoms with E-state index < -0.39 is 0 Å². The summed E-state index contributed by atoms with van der Waals surface area (Å²) in [7, 11) is 0. The third-order valence-corrected chi connectivity index (χ3v) is 9.66. The van der Waals surface area contributed by atoms with E-state index in [-0.39, 0.29) is 18.8 Å². The average Bonchev–Trinajstić information content (AvgIpc) is 3.75. The number of ether oxygens (including phenoxy) is 3. The zero-order chi connectivity index (χ0) is 36.2. The lowest BCUT2D eigenvalue weighted by molar-refractivity contribution is 0.166. The van der Waals surface area contributed by atoms with Gasteiger partial charge in [-0.2, -0.15) is 5.26 Å². The molecule has 10 heteroatoms. The molecule has 2 fully saturated rings. The van der Waals surface area contributed by atoms with Crippen LogP contribution in [0.25, 0.3) is 5.57 Å². The Balaban J connectivity index is 1.23. The van der Waals surface area contributed by atoms with Gasteiger partial charge >= 0.3 is 0 Å². The summed E-state index contributed by atoms with van der Waals surface area (Å²) < 4.78 is 18.4. The predicted octanol–water partition coefficient (Wildman–Crippen LogP) is 6.98. The number of rotatable bonds is 17. The highest BCUT2D eigenvalue weighted by Crippen LogP contribution is 2.36. The van der Waals surface area contributed by atoms with Gasteiger partial charge in [-0.05, 0) is 73.1 Å². The van der Waals surface area contributed by atoms with Gasteiger partial charge in [0.25, 0.3) is 0 Å². The molecular formula is C41H49ClN4O5. The number of aromatic nitrogens is 1. The molecule has 0 aliphatic carbocycles. The number of benzene rings is 2. The van der Waals surface area contributed by atoms with Crippen molar-refractivity contribution in [2.24, 2.45) is 0 Å². The SMILES string of the molecule is C=C(/C=C\C=C(/CC)c1cccc(COc2cc(OCc3cncc(C#N)c3)c(CN3CCC(O)C3)cc2Cl)c1C)OCCCN1CCC(O)C1. The lowest BCUT2D eigenvalue weighted by atomic mass is 9.95. The Labute approximate surface area is 307 Å². The molecule has 270 valence electrons. The van der Waals surface area contributed by atoms with Gasteiger partial charge in [0.15, 0.2) is 0 Å². The highest BCUT2D eigenvalue weighted by molar-refractivity contribution is 6.32. The van der Waals surface area contributed by atoms with Crippen LogP contribution in [0.5, 0.6) is 11.5 Å². The smallest absolute Gasteiger partial charge is 0.142 e. The van der Waals surface area contributed by atoms with Crippen LogP contribution in [-0.4, -0.2) is 76.5 Å². The number of pyridine rings is 1. The van der Waals surface area contributed by atoms with Crippen LogP contribution in [0.2, 0.25) is 5.02 Å². The zero-order valence-corrected chi connectivity index (χ0v) is 30.4. The van der Waals surface area contributed by atoms with E-state index in [0.29, 0.717) is 54.1 Å². The number of hydrogen-bond donors (Lipinski definition) is 2. The summed E-state index contributed by atoms with van der Waals surface area (Å²) in [5, 5.41) is 29.5.